The molecular formula is C22H16N2O5. The summed E-state index contributed by atoms with van der Waals surface area (Å²) in [6, 6.07) is 22.7. The Kier molecular flexibility index (Phi) is 4.94. The highest BCUT2D eigenvalue weighted by atomic mass is 16.6. The highest BCUT2D eigenvalue weighted by Crippen LogP contribution is 2.27. The number of rotatable bonds is 6. The minimum Gasteiger partial charge on any atom is -0.485 e. The number of nitrogens with one attached hydrogen (secondary N) is 1. The lowest BCUT2D eigenvalue weighted by Gasteiger charge is -2.08. The van der Waals surface area contributed by atoms with Crippen LogP contribution in [0.4, 0.5) is 11.4 Å². The highest BCUT2D eigenvalue weighted by molar-refractivity contribution is 6.03. The van der Waals surface area contributed by atoms with Gasteiger partial charge in [-0.05, 0) is 29.7 Å². The number of anilines is 1. The van der Waals surface area contributed by atoms with Gasteiger partial charge in [0.25, 0.3) is 11.6 Å². The number of nitro benzene ring substituents is 1. The number of nitrogens with zero attached hydrogens (tertiary/aromatic N) is 1. The number of fused-ring (bicyclic) bond motifs is 1. The van der Waals surface area contributed by atoms with E-state index < -0.39 is 10.8 Å². The summed E-state index contributed by atoms with van der Waals surface area (Å²) in [6.45, 7) is 0.146. The number of carbonyl (C=O) groups is 1. The van der Waals surface area contributed by atoms with Crippen LogP contribution in [0.3, 0.4) is 0 Å². The Labute approximate surface area is 165 Å². The number of para-hydroxylation sites is 2. The van der Waals surface area contributed by atoms with Gasteiger partial charge in [-0.25, -0.2) is 0 Å². The fourth-order valence-corrected chi connectivity index (χ4v) is 2.97. The van der Waals surface area contributed by atoms with Crippen molar-refractivity contribution in [2.45, 2.75) is 6.61 Å². The molecule has 1 aromatic heterocycles. The van der Waals surface area contributed by atoms with E-state index in [0.717, 1.165) is 10.8 Å². The summed E-state index contributed by atoms with van der Waals surface area (Å²) in [5.74, 6) is 0.645. The fourth-order valence-electron chi connectivity index (χ4n) is 2.97. The molecular weight excluding hydrogens is 372 g/mol. The molecule has 144 valence electrons. The zero-order valence-electron chi connectivity index (χ0n) is 15.2. The van der Waals surface area contributed by atoms with Crippen molar-refractivity contribution in [3.8, 4) is 5.75 Å². The smallest absolute Gasteiger partial charge is 0.292 e. The first-order valence-electron chi connectivity index (χ1n) is 8.86. The lowest BCUT2D eigenvalue weighted by molar-refractivity contribution is -0.383. The van der Waals surface area contributed by atoms with Gasteiger partial charge in [0.15, 0.2) is 5.76 Å². The van der Waals surface area contributed by atoms with Gasteiger partial charge in [-0.15, -0.1) is 0 Å². The number of amides is 1. The molecule has 0 atom stereocenters. The van der Waals surface area contributed by atoms with Crippen molar-refractivity contribution >= 4 is 28.1 Å². The predicted octanol–water partition coefficient (Wildman–Crippen LogP) is 5.17. The van der Waals surface area contributed by atoms with Gasteiger partial charge in [-0.2, -0.15) is 0 Å². The molecule has 4 aromatic rings. The van der Waals surface area contributed by atoms with Crippen LogP contribution in [0.2, 0.25) is 0 Å². The van der Waals surface area contributed by atoms with Gasteiger partial charge >= 0.3 is 0 Å². The maximum Gasteiger partial charge on any atom is 0.292 e. The third-order valence-corrected chi connectivity index (χ3v) is 4.35. The standard InChI is InChI=1S/C22H16N2O5/c25-22(23-18-9-3-4-10-19(18)24(26)27)21-13-12-16(29-21)14-28-20-11-5-7-15-6-1-2-8-17(15)20/h1-13H,14H2,(H,23,25). The van der Waals surface area contributed by atoms with Gasteiger partial charge in [0.2, 0.25) is 0 Å². The first-order chi connectivity index (χ1) is 14.1. The molecule has 1 N–H and O–H groups in total. The van der Waals surface area contributed by atoms with Gasteiger partial charge in [-0.3, -0.25) is 14.9 Å². The zero-order chi connectivity index (χ0) is 20.2. The summed E-state index contributed by atoms with van der Waals surface area (Å²) < 4.78 is 11.4. The molecule has 29 heavy (non-hydrogen) atoms. The van der Waals surface area contributed by atoms with Crippen LogP contribution < -0.4 is 10.1 Å². The number of ether oxygens (including phenoxy) is 1. The molecule has 1 heterocycles. The van der Waals surface area contributed by atoms with Gasteiger partial charge in [-0.1, -0.05) is 48.5 Å². The normalized spacial score (nSPS) is 10.6. The van der Waals surface area contributed by atoms with Crippen molar-refractivity contribution in [3.05, 3.63) is 100 Å². The lowest BCUT2D eigenvalue weighted by Crippen LogP contribution is -2.12. The summed E-state index contributed by atoms with van der Waals surface area (Å²) in [7, 11) is 0. The Hall–Kier alpha value is -4.13. The van der Waals surface area contributed by atoms with Crippen LogP contribution in [0.15, 0.2) is 83.3 Å². The molecule has 4 rings (SSSR count). The van der Waals surface area contributed by atoms with Crippen LogP contribution in [0.5, 0.6) is 5.75 Å². The first-order valence-corrected chi connectivity index (χ1v) is 8.86. The molecule has 0 saturated carbocycles. The van der Waals surface area contributed by atoms with Crippen molar-refractivity contribution < 1.29 is 18.9 Å². The van der Waals surface area contributed by atoms with Gasteiger partial charge < -0.3 is 14.5 Å². The van der Waals surface area contributed by atoms with Crippen LogP contribution in [0, 0.1) is 10.1 Å². The van der Waals surface area contributed by atoms with Gasteiger partial charge in [0.1, 0.15) is 23.8 Å². The third-order valence-electron chi connectivity index (χ3n) is 4.35. The van der Waals surface area contributed by atoms with Gasteiger partial charge in [0, 0.05) is 11.5 Å². The van der Waals surface area contributed by atoms with Crippen LogP contribution in [-0.4, -0.2) is 10.8 Å². The molecule has 0 fully saturated rings. The summed E-state index contributed by atoms with van der Waals surface area (Å²) in [5.41, 5.74) is -0.0839. The number of hydrogen-bond acceptors (Lipinski definition) is 5. The summed E-state index contributed by atoms with van der Waals surface area (Å²) >= 11 is 0. The first kappa shape index (κ1) is 18.2. The van der Waals surface area contributed by atoms with E-state index in [1.54, 1.807) is 12.1 Å². The molecule has 7 nitrogen and oxygen atoms in total. The Morgan fingerprint density at radius 1 is 0.966 bits per heavy atom. The monoisotopic (exact) mass is 388 g/mol. The minimum atomic E-state index is -0.573. The average Bonchev–Trinajstić information content (AvgIpc) is 3.22. The molecule has 3 aromatic carbocycles. The maximum absolute atomic E-state index is 12.4. The van der Waals surface area contributed by atoms with Crippen molar-refractivity contribution in [2.24, 2.45) is 0 Å². The number of furan rings is 1. The molecule has 0 radical (unpaired) electrons. The second-order valence-electron chi connectivity index (χ2n) is 6.26. The molecule has 0 spiro atoms. The highest BCUT2D eigenvalue weighted by Gasteiger charge is 2.18. The second kappa shape index (κ2) is 7.85. The summed E-state index contributed by atoms with van der Waals surface area (Å²) in [5, 5.41) is 15.6. The number of nitro groups is 1. The zero-order valence-corrected chi connectivity index (χ0v) is 15.2. The van der Waals surface area contributed by atoms with Crippen LogP contribution in [-0.2, 0) is 6.61 Å². The maximum atomic E-state index is 12.4. The van der Waals surface area contributed by atoms with Crippen molar-refractivity contribution in [1.29, 1.82) is 0 Å². The molecule has 7 heteroatoms. The van der Waals surface area contributed by atoms with E-state index in [1.165, 1.54) is 24.3 Å². The minimum absolute atomic E-state index is 0.0414. The van der Waals surface area contributed by atoms with E-state index in [0.29, 0.717) is 11.5 Å². The second-order valence-corrected chi connectivity index (χ2v) is 6.26. The van der Waals surface area contributed by atoms with Crippen LogP contribution >= 0.6 is 0 Å². The quantitative estimate of drug-likeness (QED) is 0.363. The summed E-state index contributed by atoms with van der Waals surface area (Å²) in [6.07, 6.45) is 0. The molecule has 0 aliphatic heterocycles. The SMILES string of the molecule is O=C(Nc1ccccc1[N+](=O)[O-])c1ccc(COc2cccc3ccccc23)o1. The van der Waals surface area contributed by atoms with E-state index in [-0.39, 0.29) is 23.7 Å². The molecule has 1 amide bonds. The summed E-state index contributed by atoms with van der Waals surface area (Å²) in [4.78, 5) is 22.9. The molecule has 0 bridgehead atoms. The van der Waals surface area contributed by atoms with E-state index in [4.69, 9.17) is 9.15 Å². The number of carbonyl (C=O) groups excluding carboxylic acids is 1. The Balaban J connectivity index is 1.46. The Morgan fingerprint density at radius 3 is 2.59 bits per heavy atom. The average molecular weight is 388 g/mol. The van der Waals surface area contributed by atoms with E-state index in [1.807, 2.05) is 42.5 Å². The van der Waals surface area contributed by atoms with Crippen molar-refractivity contribution in [1.82, 2.24) is 0 Å². The van der Waals surface area contributed by atoms with E-state index in [2.05, 4.69) is 5.32 Å². The van der Waals surface area contributed by atoms with Crippen molar-refractivity contribution in [3.63, 3.8) is 0 Å². The van der Waals surface area contributed by atoms with Gasteiger partial charge in [0.05, 0.1) is 4.92 Å². The molecule has 0 aliphatic carbocycles. The van der Waals surface area contributed by atoms with E-state index in [9.17, 15) is 14.9 Å². The molecule has 0 aliphatic rings. The van der Waals surface area contributed by atoms with Crippen LogP contribution in [0.25, 0.3) is 10.8 Å². The van der Waals surface area contributed by atoms with Crippen molar-refractivity contribution in [2.75, 3.05) is 5.32 Å². The van der Waals surface area contributed by atoms with Crippen LogP contribution in [0.1, 0.15) is 16.3 Å². The lowest BCUT2D eigenvalue weighted by atomic mass is 10.1. The Bertz CT molecular complexity index is 1190. The number of hydrogen-bond donors (Lipinski definition) is 1. The fraction of sp³-hybridized carbons (Fsp3) is 0.0455. The number of benzene rings is 3. The molecule has 0 unspecified atom stereocenters. The molecule has 0 saturated heterocycles. The third kappa shape index (κ3) is 3.93. The topological polar surface area (TPSA) is 94.6 Å². The largest absolute Gasteiger partial charge is 0.485 e. The predicted molar refractivity (Wildman–Crippen MR) is 108 cm³/mol. The van der Waals surface area contributed by atoms with E-state index >= 15 is 0 Å². The Morgan fingerprint density at radius 2 is 1.72 bits per heavy atom.